The van der Waals surface area contributed by atoms with Gasteiger partial charge in [-0.2, -0.15) is 8.78 Å². The van der Waals surface area contributed by atoms with Crippen LogP contribution >= 0.6 is 11.6 Å². The minimum Gasteiger partial charge on any atom is -0.435 e. The molecule has 0 radical (unpaired) electrons. The number of ketones is 1. The number of ether oxygens (including phenoxy) is 1. The van der Waals surface area contributed by atoms with Crippen molar-refractivity contribution >= 4 is 17.4 Å². The molecule has 2 aromatic rings. The summed E-state index contributed by atoms with van der Waals surface area (Å²) in [6.07, 6.45) is 0.161. The lowest BCUT2D eigenvalue weighted by Gasteiger charge is -2.07. The second-order valence-corrected chi connectivity index (χ2v) is 5.00. The van der Waals surface area contributed by atoms with Gasteiger partial charge in [0.25, 0.3) is 0 Å². The predicted octanol–water partition coefficient (Wildman–Crippen LogP) is 4.68. The van der Waals surface area contributed by atoms with Crippen LogP contribution in [0.15, 0.2) is 42.5 Å². The number of alkyl halides is 2. The van der Waals surface area contributed by atoms with Crippen LogP contribution in [0.25, 0.3) is 0 Å². The summed E-state index contributed by atoms with van der Waals surface area (Å²) in [6, 6.07) is 11.1. The molecule has 0 spiro atoms. The second-order valence-electron chi connectivity index (χ2n) is 4.60. The summed E-state index contributed by atoms with van der Waals surface area (Å²) >= 11 is 6.09. The summed E-state index contributed by atoms with van der Waals surface area (Å²) in [5, 5.41) is 0.543. The molecule has 2 rings (SSSR count). The SMILES string of the molecule is Cc1ccc(CC(=O)c2ccc(OC(F)F)cc2)c(Cl)c1. The Kier molecular flexibility index (Phi) is 4.91. The number of carbonyl (C=O) groups is 1. The monoisotopic (exact) mass is 310 g/mol. The van der Waals surface area contributed by atoms with Crippen molar-refractivity contribution in [3.05, 3.63) is 64.2 Å². The van der Waals surface area contributed by atoms with Gasteiger partial charge in [-0.3, -0.25) is 4.79 Å². The maximum Gasteiger partial charge on any atom is 0.387 e. The second kappa shape index (κ2) is 6.68. The number of Topliss-reactive ketones (excluding diaryl/α,β-unsaturated/α-hetero) is 1. The summed E-state index contributed by atoms with van der Waals surface area (Å²) in [5.41, 5.74) is 2.18. The van der Waals surface area contributed by atoms with Crippen molar-refractivity contribution in [2.24, 2.45) is 0 Å². The van der Waals surface area contributed by atoms with Crippen LogP contribution in [0.1, 0.15) is 21.5 Å². The molecular weight excluding hydrogens is 298 g/mol. The molecule has 0 aromatic heterocycles. The van der Waals surface area contributed by atoms with Gasteiger partial charge < -0.3 is 4.74 Å². The van der Waals surface area contributed by atoms with Crippen LogP contribution in [0.5, 0.6) is 5.75 Å². The van der Waals surface area contributed by atoms with E-state index >= 15 is 0 Å². The number of hydrogen-bond acceptors (Lipinski definition) is 2. The van der Waals surface area contributed by atoms with Gasteiger partial charge >= 0.3 is 6.61 Å². The van der Waals surface area contributed by atoms with Crippen molar-refractivity contribution in [2.75, 3.05) is 0 Å². The number of rotatable bonds is 5. The molecule has 0 aliphatic rings. The van der Waals surface area contributed by atoms with Gasteiger partial charge in [-0.25, -0.2) is 0 Å². The molecule has 0 N–H and O–H groups in total. The lowest BCUT2D eigenvalue weighted by Crippen LogP contribution is -2.05. The van der Waals surface area contributed by atoms with E-state index in [1.54, 1.807) is 6.07 Å². The molecule has 2 nitrogen and oxygen atoms in total. The van der Waals surface area contributed by atoms with E-state index < -0.39 is 6.61 Å². The predicted molar refractivity (Wildman–Crippen MR) is 77.3 cm³/mol. The highest BCUT2D eigenvalue weighted by atomic mass is 35.5. The van der Waals surface area contributed by atoms with E-state index in [1.165, 1.54) is 24.3 Å². The third-order valence-electron chi connectivity index (χ3n) is 2.96. The van der Waals surface area contributed by atoms with Gasteiger partial charge in [-0.1, -0.05) is 23.7 Å². The van der Waals surface area contributed by atoms with Crippen molar-refractivity contribution in [1.29, 1.82) is 0 Å². The van der Waals surface area contributed by atoms with Crippen LogP contribution in [0.3, 0.4) is 0 Å². The van der Waals surface area contributed by atoms with Crippen LogP contribution in [0.2, 0.25) is 5.02 Å². The maximum absolute atomic E-state index is 12.1. The first-order valence-electron chi connectivity index (χ1n) is 6.29. The molecule has 0 saturated heterocycles. The number of halogens is 3. The summed E-state index contributed by atoms with van der Waals surface area (Å²) in [7, 11) is 0. The van der Waals surface area contributed by atoms with E-state index in [9.17, 15) is 13.6 Å². The molecule has 5 heteroatoms. The summed E-state index contributed by atoms with van der Waals surface area (Å²) in [5.74, 6) is -0.112. The normalized spacial score (nSPS) is 10.7. The first-order valence-corrected chi connectivity index (χ1v) is 6.66. The highest BCUT2D eigenvalue weighted by molar-refractivity contribution is 6.31. The molecule has 0 bridgehead atoms. The van der Waals surface area contributed by atoms with Crippen LogP contribution in [0, 0.1) is 6.92 Å². The Balaban J connectivity index is 2.09. The molecular formula is C16H13ClF2O2. The lowest BCUT2D eigenvalue weighted by atomic mass is 10.0. The van der Waals surface area contributed by atoms with E-state index in [2.05, 4.69) is 4.74 Å². The summed E-state index contributed by atoms with van der Waals surface area (Å²) in [6.45, 7) is -0.961. The lowest BCUT2D eigenvalue weighted by molar-refractivity contribution is -0.0498. The zero-order valence-electron chi connectivity index (χ0n) is 11.3. The average molecular weight is 311 g/mol. The topological polar surface area (TPSA) is 26.3 Å². The standard InChI is InChI=1S/C16H13ClF2O2/c1-10-2-3-12(14(17)8-10)9-15(20)11-4-6-13(7-5-11)21-16(18)19/h2-8,16H,9H2,1H3. The van der Waals surface area contributed by atoms with E-state index in [0.717, 1.165) is 11.1 Å². The Labute approximate surface area is 126 Å². The van der Waals surface area contributed by atoms with Crippen LogP contribution < -0.4 is 4.74 Å². The van der Waals surface area contributed by atoms with E-state index in [4.69, 9.17) is 11.6 Å². The van der Waals surface area contributed by atoms with Crippen molar-refractivity contribution < 1.29 is 18.3 Å². The van der Waals surface area contributed by atoms with Gasteiger partial charge in [0.1, 0.15) is 5.75 Å². The molecule has 0 atom stereocenters. The number of hydrogen-bond donors (Lipinski definition) is 0. The van der Waals surface area contributed by atoms with Crippen molar-refractivity contribution in [1.82, 2.24) is 0 Å². The number of aryl methyl sites for hydroxylation is 1. The Hall–Kier alpha value is -1.94. The van der Waals surface area contributed by atoms with Crippen molar-refractivity contribution in [2.45, 2.75) is 20.0 Å². The van der Waals surface area contributed by atoms with Gasteiger partial charge in [-0.05, 0) is 48.4 Å². The first-order chi connectivity index (χ1) is 9.95. The van der Waals surface area contributed by atoms with E-state index in [-0.39, 0.29) is 18.0 Å². The van der Waals surface area contributed by atoms with E-state index in [1.807, 2.05) is 19.1 Å². The molecule has 0 heterocycles. The molecule has 110 valence electrons. The van der Waals surface area contributed by atoms with Gasteiger partial charge in [0, 0.05) is 17.0 Å². The molecule has 21 heavy (non-hydrogen) atoms. The number of carbonyl (C=O) groups excluding carboxylic acids is 1. The molecule has 0 aliphatic heterocycles. The zero-order chi connectivity index (χ0) is 15.4. The Morgan fingerprint density at radius 2 is 1.86 bits per heavy atom. The third kappa shape index (κ3) is 4.26. The van der Waals surface area contributed by atoms with Crippen molar-refractivity contribution in [3.8, 4) is 5.75 Å². The largest absolute Gasteiger partial charge is 0.435 e. The van der Waals surface area contributed by atoms with Crippen LogP contribution in [-0.2, 0) is 6.42 Å². The molecule has 0 fully saturated rings. The summed E-state index contributed by atoms with van der Waals surface area (Å²) in [4.78, 5) is 12.1. The van der Waals surface area contributed by atoms with Gasteiger partial charge in [0.2, 0.25) is 0 Å². The smallest absolute Gasteiger partial charge is 0.387 e. The molecule has 0 unspecified atom stereocenters. The fraction of sp³-hybridized carbons (Fsp3) is 0.188. The van der Waals surface area contributed by atoms with Crippen molar-refractivity contribution in [3.63, 3.8) is 0 Å². The van der Waals surface area contributed by atoms with Gasteiger partial charge in [0.15, 0.2) is 5.78 Å². The minimum absolute atomic E-state index is 0.0231. The van der Waals surface area contributed by atoms with Gasteiger partial charge in [-0.15, -0.1) is 0 Å². The maximum atomic E-state index is 12.1. The highest BCUT2D eigenvalue weighted by Crippen LogP contribution is 2.21. The fourth-order valence-corrected chi connectivity index (χ4v) is 2.19. The van der Waals surface area contributed by atoms with Crippen LogP contribution in [0.4, 0.5) is 8.78 Å². The molecule has 0 aliphatic carbocycles. The van der Waals surface area contributed by atoms with E-state index in [0.29, 0.717) is 10.6 Å². The minimum atomic E-state index is -2.88. The Morgan fingerprint density at radius 3 is 2.43 bits per heavy atom. The molecule has 0 saturated carbocycles. The zero-order valence-corrected chi connectivity index (χ0v) is 12.0. The third-order valence-corrected chi connectivity index (χ3v) is 3.31. The Bertz CT molecular complexity index is 639. The van der Waals surface area contributed by atoms with Crippen LogP contribution in [-0.4, -0.2) is 12.4 Å². The number of benzene rings is 2. The van der Waals surface area contributed by atoms with Gasteiger partial charge in [0.05, 0.1) is 0 Å². The summed E-state index contributed by atoms with van der Waals surface area (Å²) < 4.78 is 28.3. The molecule has 2 aromatic carbocycles. The first kappa shape index (κ1) is 15.4. The molecule has 0 amide bonds. The average Bonchev–Trinajstić information content (AvgIpc) is 2.42. The Morgan fingerprint density at radius 1 is 1.19 bits per heavy atom. The highest BCUT2D eigenvalue weighted by Gasteiger charge is 2.11. The quantitative estimate of drug-likeness (QED) is 0.750. The fourth-order valence-electron chi connectivity index (χ4n) is 1.89.